The van der Waals surface area contributed by atoms with Crippen LogP contribution >= 0.6 is 11.3 Å². The Morgan fingerprint density at radius 3 is 2.59 bits per heavy atom. The van der Waals surface area contributed by atoms with Crippen molar-refractivity contribution in [2.45, 2.75) is 19.3 Å². The van der Waals surface area contributed by atoms with Crippen molar-refractivity contribution in [3.63, 3.8) is 0 Å². The standard InChI is InChI=1S/C14H13FOS/c15-12-8-6-11(7-9-12)14(16)5-1-3-13-4-2-10-17-13/h2,4,6-10H,1,3,5H2. The van der Waals surface area contributed by atoms with Crippen LogP contribution in [0.5, 0.6) is 0 Å². The molecule has 0 N–H and O–H groups in total. The summed E-state index contributed by atoms with van der Waals surface area (Å²) in [6, 6.07) is 9.83. The number of ketones is 1. The summed E-state index contributed by atoms with van der Waals surface area (Å²) in [5.41, 5.74) is 0.595. The Morgan fingerprint density at radius 2 is 1.94 bits per heavy atom. The number of hydrogen-bond acceptors (Lipinski definition) is 2. The Kier molecular flexibility index (Phi) is 4.04. The average Bonchev–Trinajstić information content (AvgIpc) is 2.83. The van der Waals surface area contributed by atoms with E-state index in [0.717, 1.165) is 12.8 Å². The molecule has 0 spiro atoms. The summed E-state index contributed by atoms with van der Waals surface area (Å²) in [6.45, 7) is 0. The van der Waals surface area contributed by atoms with Gasteiger partial charge in [0.05, 0.1) is 0 Å². The molecular formula is C14H13FOS. The molecule has 0 atom stereocenters. The Bertz CT molecular complexity index is 473. The van der Waals surface area contributed by atoms with E-state index >= 15 is 0 Å². The smallest absolute Gasteiger partial charge is 0.162 e. The highest BCUT2D eigenvalue weighted by molar-refractivity contribution is 7.09. The van der Waals surface area contributed by atoms with Crippen LogP contribution in [0.3, 0.4) is 0 Å². The molecule has 0 aliphatic heterocycles. The van der Waals surface area contributed by atoms with Gasteiger partial charge in [0, 0.05) is 16.9 Å². The SMILES string of the molecule is O=C(CCCc1cccs1)c1ccc(F)cc1. The van der Waals surface area contributed by atoms with Crippen LogP contribution in [-0.2, 0) is 6.42 Å². The monoisotopic (exact) mass is 248 g/mol. The molecular weight excluding hydrogens is 235 g/mol. The van der Waals surface area contributed by atoms with Crippen LogP contribution in [0.15, 0.2) is 41.8 Å². The molecule has 0 saturated heterocycles. The maximum absolute atomic E-state index is 12.7. The van der Waals surface area contributed by atoms with Gasteiger partial charge in [-0.05, 0) is 48.6 Å². The Labute approximate surface area is 104 Å². The molecule has 17 heavy (non-hydrogen) atoms. The lowest BCUT2D eigenvalue weighted by Crippen LogP contribution is -1.99. The second-order valence-corrected chi connectivity index (χ2v) is 4.90. The third kappa shape index (κ3) is 3.49. The number of thiophene rings is 1. The molecule has 3 heteroatoms. The Hall–Kier alpha value is -1.48. The molecule has 0 unspecified atom stereocenters. The fraction of sp³-hybridized carbons (Fsp3) is 0.214. The second-order valence-electron chi connectivity index (χ2n) is 3.86. The number of halogens is 1. The summed E-state index contributed by atoms with van der Waals surface area (Å²) >= 11 is 1.71. The van der Waals surface area contributed by atoms with E-state index in [1.807, 2.05) is 11.4 Å². The molecule has 1 aromatic heterocycles. The van der Waals surface area contributed by atoms with Crippen molar-refractivity contribution >= 4 is 17.1 Å². The van der Waals surface area contributed by atoms with Crippen LogP contribution in [0.2, 0.25) is 0 Å². The van der Waals surface area contributed by atoms with Gasteiger partial charge in [-0.1, -0.05) is 6.07 Å². The zero-order valence-corrected chi connectivity index (χ0v) is 10.2. The van der Waals surface area contributed by atoms with Crippen LogP contribution in [0.25, 0.3) is 0 Å². The minimum absolute atomic E-state index is 0.0848. The molecule has 0 radical (unpaired) electrons. The quantitative estimate of drug-likeness (QED) is 0.728. The van der Waals surface area contributed by atoms with Crippen LogP contribution < -0.4 is 0 Å². The van der Waals surface area contributed by atoms with Crippen molar-refractivity contribution in [3.05, 3.63) is 58.0 Å². The van der Waals surface area contributed by atoms with Gasteiger partial charge in [-0.3, -0.25) is 4.79 Å². The van der Waals surface area contributed by atoms with Gasteiger partial charge in [0.15, 0.2) is 5.78 Å². The van der Waals surface area contributed by atoms with E-state index in [9.17, 15) is 9.18 Å². The number of rotatable bonds is 5. The van der Waals surface area contributed by atoms with Gasteiger partial charge < -0.3 is 0 Å². The molecule has 88 valence electrons. The lowest BCUT2D eigenvalue weighted by atomic mass is 10.1. The lowest BCUT2D eigenvalue weighted by molar-refractivity contribution is 0.0980. The van der Waals surface area contributed by atoms with Gasteiger partial charge in [-0.15, -0.1) is 11.3 Å². The summed E-state index contributed by atoms with van der Waals surface area (Å²) in [5, 5.41) is 2.04. The van der Waals surface area contributed by atoms with Crippen molar-refractivity contribution in [3.8, 4) is 0 Å². The van der Waals surface area contributed by atoms with E-state index in [4.69, 9.17) is 0 Å². The van der Waals surface area contributed by atoms with E-state index in [1.165, 1.54) is 17.0 Å². The highest BCUT2D eigenvalue weighted by atomic mass is 32.1. The zero-order valence-electron chi connectivity index (χ0n) is 9.36. The molecule has 0 bridgehead atoms. The molecule has 0 aliphatic rings. The van der Waals surface area contributed by atoms with E-state index in [0.29, 0.717) is 12.0 Å². The fourth-order valence-corrected chi connectivity index (χ4v) is 2.41. The first-order valence-electron chi connectivity index (χ1n) is 5.57. The molecule has 2 rings (SSSR count). The normalized spacial score (nSPS) is 10.4. The van der Waals surface area contributed by atoms with E-state index in [1.54, 1.807) is 23.5 Å². The summed E-state index contributed by atoms with van der Waals surface area (Å²) in [7, 11) is 0. The average molecular weight is 248 g/mol. The Morgan fingerprint density at radius 1 is 1.18 bits per heavy atom. The van der Waals surface area contributed by atoms with Gasteiger partial charge >= 0.3 is 0 Å². The van der Waals surface area contributed by atoms with Gasteiger partial charge in [-0.25, -0.2) is 4.39 Å². The summed E-state index contributed by atoms with van der Waals surface area (Å²) in [5.74, 6) is -0.221. The number of aryl methyl sites for hydroxylation is 1. The summed E-state index contributed by atoms with van der Waals surface area (Å²) < 4.78 is 12.7. The molecule has 0 amide bonds. The number of benzene rings is 1. The van der Waals surface area contributed by atoms with E-state index in [-0.39, 0.29) is 11.6 Å². The first-order chi connectivity index (χ1) is 8.25. The number of carbonyl (C=O) groups excluding carboxylic acids is 1. The Balaban J connectivity index is 1.83. The second kappa shape index (κ2) is 5.73. The molecule has 1 nitrogen and oxygen atoms in total. The highest BCUT2D eigenvalue weighted by Gasteiger charge is 2.05. The molecule has 0 fully saturated rings. The minimum Gasteiger partial charge on any atom is -0.294 e. The number of Topliss-reactive ketones (excluding diaryl/α,β-unsaturated/α-hetero) is 1. The predicted molar refractivity (Wildman–Crippen MR) is 68.0 cm³/mol. The van der Waals surface area contributed by atoms with Crippen LogP contribution in [0.1, 0.15) is 28.1 Å². The van der Waals surface area contributed by atoms with Crippen molar-refractivity contribution in [2.24, 2.45) is 0 Å². The molecule has 1 aromatic carbocycles. The maximum Gasteiger partial charge on any atom is 0.162 e. The number of carbonyl (C=O) groups is 1. The third-order valence-corrected chi connectivity index (χ3v) is 3.51. The molecule has 2 aromatic rings. The fourth-order valence-electron chi connectivity index (χ4n) is 1.66. The number of hydrogen-bond donors (Lipinski definition) is 0. The first kappa shape index (κ1) is 12.0. The van der Waals surface area contributed by atoms with Gasteiger partial charge in [0.25, 0.3) is 0 Å². The maximum atomic E-state index is 12.7. The van der Waals surface area contributed by atoms with Crippen molar-refractivity contribution in [1.29, 1.82) is 0 Å². The zero-order chi connectivity index (χ0) is 12.1. The van der Waals surface area contributed by atoms with Crippen molar-refractivity contribution in [2.75, 3.05) is 0 Å². The highest BCUT2D eigenvalue weighted by Crippen LogP contribution is 2.14. The van der Waals surface area contributed by atoms with Crippen LogP contribution in [0.4, 0.5) is 4.39 Å². The summed E-state index contributed by atoms with van der Waals surface area (Å²) in [4.78, 5) is 13.1. The van der Waals surface area contributed by atoms with Gasteiger partial charge in [0.1, 0.15) is 5.82 Å². The molecule has 0 aliphatic carbocycles. The lowest BCUT2D eigenvalue weighted by Gasteiger charge is -2.00. The predicted octanol–water partition coefficient (Wildman–Crippen LogP) is 4.09. The van der Waals surface area contributed by atoms with Crippen molar-refractivity contribution < 1.29 is 9.18 Å². The molecule has 1 heterocycles. The van der Waals surface area contributed by atoms with E-state index < -0.39 is 0 Å². The van der Waals surface area contributed by atoms with Crippen molar-refractivity contribution in [1.82, 2.24) is 0 Å². The van der Waals surface area contributed by atoms with Crippen LogP contribution in [0, 0.1) is 5.82 Å². The van der Waals surface area contributed by atoms with Gasteiger partial charge in [-0.2, -0.15) is 0 Å². The summed E-state index contributed by atoms with van der Waals surface area (Å²) in [6.07, 6.45) is 2.30. The largest absolute Gasteiger partial charge is 0.294 e. The van der Waals surface area contributed by atoms with Crippen LogP contribution in [-0.4, -0.2) is 5.78 Å². The topological polar surface area (TPSA) is 17.1 Å². The minimum atomic E-state index is -0.305. The van der Waals surface area contributed by atoms with Gasteiger partial charge in [0.2, 0.25) is 0 Å². The molecule has 0 saturated carbocycles. The first-order valence-corrected chi connectivity index (χ1v) is 6.45. The van der Waals surface area contributed by atoms with E-state index in [2.05, 4.69) is 6.07 Å². The third-order valence-electron chi connectivity index (χ3n) is 2.57.